The minimum absolute atomic E-state index is 0.384. The summed E-state index contributed by atoms with van der Waals surface area (Å²) in [6, 6.07) is 3.63. The Morgan fingerprint density at radius 3 is 3.00 bits per heavy atom. The molecule has 98 valence electrons. The SMILES string of the molecule is Cn1cc(Sc2cc3c(cc2Br)C(O)C(=O)N3)cn1. The van der Waals surface area contributed by atoms with E-state index in [4.69, 9.17) is 0 Å². The average Bonchev–Trinajstić information content (AvgIpc) is 2.87. The van der Waals surface area contributed by atoms with Crippen molar-refractivity contribution in [3.63, 3.8) is 0 Å². The van der Waals surface area contributed by atoms with Crippen LogP contribution in [0.3, 0.4) is 0 Å². The summed E-state index contributed by atoms with van der Waals surface area (Å²) < 4.78 is 2.57. The molecule has 0 saturated heterocycles. The van der Waals surface area contributed by atoms with E-state index in [0.29, 0.717) is 11.3 Å². The average molecular weight is 340 g/mol. The minimum atomic E-state index is -1.08. The van der Waals surface area contributed by atoms with Crippen LogP contribution >= 0.6 is 27.7 Å². The molecule has 19 heavy (non-hydrogen) atoms. The number of aliphatic hydroxyl groups excluding tert-OH is 1. The molecule has 0 fully saturated rings. The van der Waals surface area contributed by atoms with E-state index in [1.54, 1.807) is 28.7 Å². The maximum absolute atomic E-state index is 11.4. The topological polar surface area (TPSA) is 67.2 Å². The number of anilines is 1. The number of hydrogen-bond donors (Lipinski definition) is 2. The van der Waals surface area contributed by atoms with Crippen LogP contribution in [0.2, 0.25) is 0 Å². The van der Waals surface area contributed by atoms with Gasteiger partial charge in [-0.2, -0.15) is 5.10 Å². The Balaban J connectivity index is 1.96. The van der Waals surface area contributed by atoms with Gasteiger partial charge in [0.15, 0.2) is 6.10 Å². The lowest BCUT2D eigenvalue weighted by atomic mass is 10.1. The van der Waals surface area contributed by atoms with E-state index in [1.807, 2.05) is 19.3 Å². The van der Waals surface area contributed by atoms with Gasteiger partial charge in [-0.05, 0) is 28.1 Å². The number of carbonyl (C=O) groups is 1. The first kappa shape index (κ1) is 12.7. The quantitative estimate of drug-likeness (QED) is 0.881. The van der Waals surface area contributed by atoms with Crippen molar-refractivity contribution in [1.82, 2.24) is 9.78 Å². The van der Waals surface area contributed by atoms with Gasteiger partial charge in [0.25, 0.3) is 5.91 Å². The van der Waals surface area contributed by atoms with Crippen molar-refractivity contribution in [2.24, 2.45) is 7.05 Å². The zero-order valence-electron chi connectivity index (χ0n) is 9.92. The van der Waals surface area contributed by atoms with Gasteiger partial charge in [0.05, 0.1) is 11.1 Å². The highest BCUT2D eigenvalue weighted by Gasteiger charge is 2.29. The van der Waals surface area contributed by atoms with Crippen LogP contribution in [0.5, 0.6) is 0 Å². The van der Waals surface area contributed by atoms with Gasteiger partial charge in [-0.25, -0.2) is 0 Å². The molecular formula is C12H10BrN3O2S. The van der Waals surface area contributed by atoms with Crippen molar-refractivity contribution in [1.29, 1.82) is 0 Å². The van der Waals surface area contributed by atoms with Gasteiger partial charge in [-0.3, -0.25) is 9.48 Å². The molecule has 2 aromatic rings. The highest BCUT2D eigenvalue weighted by molar-refractivity contribution is 9.10. The predicted octanol–water partition coefficient (Wildman–Crippen LogP) is 2.32. The van der Waals surface area contributed by atoms with E-state index < -0.39 is 6.10 Å². The van der Waals surface area contributed by atoms with E-state index in [-0.39, 0.29) is 5.91 Å². The summed E-state index contributed by atoms with van der Waals surface area (Å²) in [5, 5.41) is 16.5. The summed E-state index contributed by atoms with van der Waals surface area (Å²) in [5.41, 5.74) is 1.26. The maximum Gasteiger partial charge on any atom is 0.257 e. The number of nitrogens with one attached hydrogen (secondary N) is 1. The van der Waals surface area contributed by atoms with Crippen molar-refractivity contribution >= 4 is 39.3 Å². The van der Waals surface area contributed by atoms with Gasteiger partial charge in [0, 0.05) is 33.9 Å². The third-order valence-electron chi connectivity index (χ3n) is 2.81. The number of aryl methyl sites for hydroxylation is 1. The monoisotopic (exact) mass is 339 g/mol. The number of rotatable bonds is 2. The molecule has 7 heteroatoms. The highest BCUT2D eigenvalue weighted by Crippen LogP contribution is 2.41. The number of fused-ring (bicyclic) bond motifs is 1. The van der Waals surface area contributed by atoms with Crippen LogP contribution < -0.4 is 5.32 Å². The summed E-state index contributed by atoms with van der Waals surface area (Å²) in [7, 11) is 1.86. The first-order valence-electron chi connectivity index (χ1n) is 5.53. The Hall–Kier alpha value is -1.31. The molecular weight excluding hydrogens is 330 g/mol. The third-order valence-corrected chi connectivity index (χ3v) is 4.74. The molecule has 1 atom stereocenters. The molecule has 1 aromatic heterocycles. The smallest absolute Gasteiger partial charge is 0.257 e. The Morgan fingerprint density at radius 2 is 2.32 bits per heavy atom. The molecule has 5 nitrogen and oxygen atoms in total. The number of benzene rings is 1. The number of aliphatic hydroxyl groups is 1. The molecule has 1 aromatic carbocycles. The standard InChI is InChI=1S/C12H10BrN3O2S/c1-16-5-6(4-14-16)19-10-3-9-7(2-8(10)13)11(17)12(18)15-9/h2-5,11,17H,1H3,(H,15,18). The maximum atomic E-state index is 11.4. The summed E-state index contributed by atoms with van der Waals surface area (Å²) in [6.45, 7) is 0. The molecule has 1 aliphatic rings. The van der Waals surface area contributed by atoms with E-state index in [9.17, 15) is 9.90 Å². The van der Waals surface area contributed by atoms with E-state index in [2.05, 4.69) is 26.3 Å². The minimum Gasteiger partial charge on any atom is -0.378 e. The lowest BCUT2D eigenvalue weighted by Crippen LogP contribution is -2.10. The van der Waals surface area contributed by atoms with Gasteiger partial charge >= 0.3 is 0 Å². The fraction of sp³-hybridized carbons (Fsp3) is 0.167. The second-order valence-electron chi connectivity index (χ2n) is 4.21. The van der Waals surface area contributed by atoms with Crippen LogP contribution in [-0.4, -0.2) is 20.8 Å². The van der Waals surface area contributed by atoms with Crippen LogP contribution in [0.15, 0.2) is 38.8 Å². The van der Waals surface area contributed by atoms with Crippen LogP contribution in [0, 0.1) is 0 Å². The molecule has 1 amide bonds. The third kappa shape index (κ3) is 2.29. The molecule has 0 bridgehead atoms. The fourth-order valence-electron chi connectivity index (χ4n) is 1.90. The van der Waals surface area contributed by atoms with Crippen LogP contribution in [0.25, 0.3) is 0 Å². The van der Waals surface area contributed by atoms with Crippen LogP contribution in [0.1, 0.15) is 11.7 Å². The predicted molar refractivity (Wildman–Crippen MR) is 75.1 cm³/mol. The molecule has 2 N–H and O–H groups in total. The molecule has 3 rings (SSSR count). The number of aromatic nitrogens is 2. The molecule has 0 saturated carbocycles. The lowest BCUT2D eigenvalue weighted by Gasteiger charge is -2.07. The number of carbonyl (C=O) groups excluding carboxylic acids is 1. The molecule has 0 radical (unpaired) electrons. The van der Waals surface area contributed by atoms with E-state index in [1.165, 1.54) is 0 Å². The zero-order valence-corrected chi connectivity index (χ0v) is 12.3. The summed E-state index contributed by atoms with van der Waals surface area (Å²) in [4.78, 5) is 13.4. The Labute approximate surface area is 122 Å². The van der Waals surface area contributed by atoms with Crippen molar-refractivity contribution in [3.05, 3.63) is 34.6 Å². The zero-order chi connectivity index (χ0) is 13.6. The van der Waals surface area contributed by atoms with Crippen molar-refractivity contribution in [2.45, 2.75) is 15.9 Å². The first-order chi connectivity index (χ1) is 9.04. The highest BCUT2D eigenvalue weighted by atomic mass is 79.9. The van der Waals surface area contributed by atoms with Gasteiger partial charge in [-0.1, -0.05) is 11.8 Å². The van der Waals surface area contributed by atoms with Crippen molar-refractivity contribution in [2.75, 3.05) is 5.32 Å². The fourth-order valence-corrected chi connectivity index (χ4v) is 3.40. The van der Waals surface area contributed by atoms with E-state index >= 15 is 0 Å². The first-order valence-corrected chi connectivity index (χ1v) is 7.14. The normalized spacial score (nSPS) is 17.4. The second-order valence-corrected chi connectivity index (χ2v) is 6.18. The molecule has 1 unspecified atom stereocenters. The van der Waals surface area contributed by atoms with Crippen molar-refractivity contribution in [3.8, 4) is 0 Å². The molecule has 2 heterocycles. The second kappa shape index (κ2) is 4.66. The van der Waals surface area contributed by atoms with Gasteiger partial charge in [0.2, 0.25) is 0 Å². The lowest BCUT2D eigenvalue weighted by molar-refractivity contribution is -0.123. The van der Waals surface area contributed by atoms with E-state index in [0.717, 1.165) is 14.3 Å². The van der Waals surface area contributed by atoms with Gasteiger partial charge in [-0.15, -0.1) is 0 Å². The number of amides is 1. The number of nitrogens with zero attached hydrogens (tertiary/aromatic N) is 2. The number of hydrogen-bond acceptors (Lipinski definition) is 4. The summed E-state index contributed by atoms with van der Waals surface area (Å²) >= 11 is 5.00. The van der Waals surface area contributed by atoms with Gasteiger partial charge in [0.1, 0.15) is 0 Å². The molecule has 0 aliphatic carbocycles. The Morgan fingerprint density at radius 1 is 1.53 bits per heavy atom. The number of halogens is 1. The summed E-state index contributed by atoms with van der Waals surface area (Å²) in [6.07, 6.45) is 2.61. The molecule has 0 spiro atoms. The summed E-state index contributed by atoms with van der Waals surface area (Å²) in [5.74, 6) is -0.384. The van der Waals surface area contributed by atoms with Crippen LogP contribution in [-0.2, 0) is 11.8 Å². The van der Waals surface area contributed by atoms with Crippen LogP contribution in [0.4, 0.5) is 5.69 Å². The molecule has 1 aliphatic heterocycles. The van der Waals surface area contributed by atoms with Gasteiger partial charge < -0.3 is 10.4 Å². The van der Waals surface area contributed by atoms with Crippen molar-refractivity contribution < 1.29 is 9.90 Å². The Bertz CT molecular complexity index is 671. The largest absolute Gasteiger partial charge is 0.378 e. The Kier molecular flexibility index (Phi) is 3.12.